The zero-order valence-corrected chi connectivity index (χ0v) is 12.5. The van der Waals surface area contributed by atoms with E-state index in [0.29, 0.717) is 0 Å². The summed E-state index contributed by atoms with van der Waals surface area (Å²) in [6.07, 6.45) is 2.78. The lowest BCUT2D eigenvalue weighted by Gasteiger charge is -2.29. The van der Waals surface area contributed by atoms with Gasteiger partial charge in [-0.1, -0.05) is 31.2 Å². The van der Waals surface area contributed by atoms with Gasteiger partial charge in [0.2, 0.25) is 0 Å². The molecule has 0 spiro atoms. The molecular formula is C17H24N2O. The van der Waals surface area contributed by atoms with E-state index in [1.807, 2.05) is 19.1 Å². The van der Waals surface area contributed by atoms with E-state index >= 15 is 0 Å². The van der Waals surface area contributed by atoms with E-state index in [0.717, 1.165) is 18.7 Å². The van der Waals surface area contributed by atoms with Crippen molar-refractivity contribution < 1.29 is 4.42 Å². The molecule has 0 radical (unpaired) electrons. The van der Waals surface area contributed by atoms with Gasteiger partial charge >= 0.3 is 0 Å². The van der Waals surface area contributed by atoms with Crippen molar-refractivity contribution in [3.63, 3.8) is 0 Å². The molecule has 0 fully saturated rings. The molecule has 0 saturated heterocycles. The molecule has 0 amide bonds. The van der Waals surface area contributed by atoms with Gasteiger partial charge < -0.3 is 10.2 Å². The Hall–Kier alpha value is -1.58. The van der Waals surface area contributed by atoms with Crippen LogP contribution in [0.5, 0.6) is 0 Å². The Morgan fingerprint density at radius 1 is 1.15 bits per heavy atom. The number of benzene rings is 1. The van der Waals surface area contributed by atoms with Gasteiger partial charge in [0, 0.05) is 12.6 Å². The highest BCUT2D eigenvalue weighted by Crippen LogP contribution is 2.24. The molecule has 0 aliphatic rings. The van der Waals surface area contributed by atoms with Gasteiger partial charge in [-0.15, -0.1) is 0 Å². The second-order valence-electron chi connectivity index (χ2n) is 5.40. The molecule has 3 nitrogen and oxygen atoms in total. The number of likely N-dealkylation sites (N-methyl/N-ethyl adjacent to an activating group) is 1. The summed E-state index contributed by atoms with van der Waals surface area (Å²) >= 11 is 0. The van der Waals surface area contributed by atoms with Crippen LogP contribution in [0.15, 0.2) is 47.1 Å². The van der Waals surface area contributed by atoms with Crippen LogP contribution < -0.4 is 5.73 Å². The van der Waals surface area contributed by atoms with Crippen molar-refractivity contribution in [3.8, 4) is 0 Å². The van der Waals surface area contributed by atoms with E-state index in [-0.39, 0.29) is 12.1 Å². The van der Waals surface area contributed by atoms with E-state index in [2.05, 4.69) is 43.1 Å². The first-order valence-electron chi connectivity index (χ1n) is 7.19. The SMILES string of the molecule is CCc1ccc(CN(C)C(c2ccco2)C(C)N)cc1. The Labute approximate surface area is 121 Å². The maximum atomic E-state index is 6.13. The smallest absolute Gasteiger partial charge is 0.122 e. The zero-order chi connectivity index (χ0) is 14.5. The van der Waals surface area contributed by atoms with E-state index in [1.54, 1.807) is 6.26 Å². The van der Waals surface area contributed by atoms with E-state index < -0.39 is 0 Å². The summed E-state index contributed by atoms with van der Waals surface area (Å²) in [6.45, 7) is 5.05. The van der Waals surface area contributed by atoms with Crippen molar-refractivity contribution in [1.29, 1.82) is 0 Å². The predicted octanol–water partition coefficient (Wildman–Crippen LogP) is 3.36. The van der Waals surface area contributed by atoms with Crippen molar-refractivity contribution in [3.05, 3.63) is 59.5 Å². The zero-order valence-electron chi connectivity index (χ0n) is 12.5. The molecular weight excluding hydrogens is 248 g/mol. The number of hydrogen-bond donors (Lipinski definition) is 1. The molecule has 0 bridgehead atoms. The van der Waals surface area contributed by atoms with Crippen molar-refractivity contribution >= 4 is 0 Å². The second kappa shape index (κ2) is 6.73. The van der Waals surface area contributed by atoms with Gasteiger partial charge in [-0.05, 0) is 43.7 Å². The van der Waals surface area contributed by atoms with Gasteiger partial charge in [0.15, 0.2) is 0 Å². The van der Waals surface area contributed by atoms with Crippen LogP contribution >= 0.6 is 0 Å². The number of hydrogen-bond acceptors (Lipinski definition) is 3. The lowest BCUT2D eigenvalue weighted by molar-refractivity contribution is 0.184. The molecule has 0 aliphatic heterocycles. The van der Waals surface area contributed by atoms with E-state index in [4.69, 9.17) is 10.2 Å². The van der Waals surface area contributed by atoms with Crippen LogP contribution in [0.25, 0.3) is 0 Å². The molecule has 0 saturated carbocycles. The average molecular weight is 272 g/mol. The maximum absolute atomic E-state index is 6.13. The number of nitrogens with zero attached hydrogens (tertiary/aromatic N) is 1. The minimum atomic E-state index is 0.0149. The van der Waals surface area contributed by atoms with E-state index in [9.17, 15) is 0 Å². The molecule has 108 valence electrons. The lowest BCUT2D eigenvalue weighted by atomic mass is 10.0. The van der Waals surface area contributed by atoms with Gasteiger partial charge in [-0.25, -0.2) is 0 Å². The average Bonchev–Trinajstić information content (AvgIpc) is 2.93. The highest BCUT2D eigenvalue weighted by atomic mass is 16.3. The van der Waals surface area contributed by atoms with Crippen LogP contribution in [-0.4, -0.2) is 18.0 Å². The first kappa shape index (κ1) is 14.8. The monoisotopic (exact) mass is 272 g/mol. The minimum Gasteiger partial charge on any atom is -0.468 e. The summed E-state index contributed by atoms with van der Waals surface area (Å²) in [5, 5.41) is 0. The van der Waals surface area contributed by atoms with Crippen LogP contribution in [0.3, 0.4) is 0 Å². The summed E-state index contributed by atoms with van der Waals surface area (Å²) in [5.41, 5.74) is 8.79. The largest absolute Gasteiger partial charge is 0.468 e. The third-order valence-electron chi connectivity index (χ3n) is 3.67. The minimum absolute atomic E-state index is 0.0149. The molecule has 1 heterocycles. The number of aryl methyl sites for hydroxylation is 1. The second-order valence-corrected chi connectivity index (χ2v) is 5.40. The van der Waals surface area contributed by atoms with Crippen LogP contribution in [0.2, 0.25) is 0 Å². The first-order chi connectivity index (χ1) is 9.61. The molecule has 2 aromatic rings. The molecule has 1 aromatic carbocycles. The normalized spacial score (nSPS) is 14.4. The summed E-state index contributed by atoms with van der Waals surface area (Å²) in [7, 11) is 2.09. The van der Waals surface area contributed by atoms with Gasteiger partial charge in [0.1, 0.15) is 5.76 Å². The summed E-state index contributed by atoms with van der Waals surface area (Å²) in [6, 6.07) is 12.8. The quantitative estimate of drug-likeness (QED) is 0.876. The van der Waals surface area contributed by atoms with Gasteiger partial charge in [-0.3, -0.25) is 4.90 Å². The fourth-order valence-electron chi connectivity index (χ4n) is 2.60. The topological polar surface area (TPSA) is 42.4 Å². The fraction of sp³-hybridized carbons (Fsp3) is 0.412. The van der Waals surface area contributed by atoms with Crippen LogP contribution in [0, 0.1) is 0 Å². The molecule has 20 heavy (non-hydrogen) atoms. The standard InChI is InChI=1S/C17H24N2O/c1-4-14-7-9-15(10-8-14)12-19(3)17(13(2)18)16-6-5-11-20-16/h5-11,13,17H,4,12,18H2,1-3H3. The van der Waals surface area contributed by atoms with Crippen molar-refractivity contribution in [2.45, 2.75) is 38.9 Å². The molecule has 2 rings (SSSR count). The van der Waals surface area contributed by atoms with Crippen LogP contribution in [0.1, 0.15) is 36.8 Å². The summed E-state index contributed by atoms with van der Waals surface area (Å²) in [4.78, 5) is 2.24. The Balaban J connectivity index is 2.10. The Morgan fingerprint density at radius 2 is 1.80 bits per heavy atom. The fourth-order valence-corrected chi connectivity index (χ4v) is 2.60. The van der Waals surface area contributed by atoms with Gasteiger partial charge in [-0.2, -0.15) is 0 Å². The van der Waals surface area contributed by atoms with E-state index in [1.165, 1.54) is 11.1 Å². The molecule has 2 atom stereocenters. The van der Waals surface area contributed by atoms with Crippen LogP contribution in [0.4, 0.5) is 0 Å². The Bertz CT molecular complexity index is 502. The number of furan rings is 1. The van der Waals surface area contributed by atoms with Gasteiger partial charge in [0.05, 0.1) is 12.3 Å². The van der Waals surface area contributed by atoms with Crippen molar-refractivity contribution in [2.24, 2.45) is 5.73 Å². The van der Waals surface area contributed by atoms with Crippen molar-refractivity contribution in [1.82, 2.24) is 4.90 Å². The van der Waals surface area contributed by atoms with Gasteiger partial charge in [0.25, 0.3) is 0 Å². The molecule has 0 aliphatic carbocycles. The first-order valence-corrected chi connectivity index (χ1v) is 7.19. The Morgan fingerprint density at radius 3 is 2.30 bits per heavy atom. The molecule has 2 N–H and O–H groups in total. The number of rotatable bonds is 6. The Kier molecular flexibility index (Phi) is 4.99. The van der Waals surface area contributed by atoms with Crippen LogP contribution in [-0.2, 0) is 13.0 Å². The highest BCUT2D eigenvalue weighted by molar-refractivity contribution is 5.22. The molecule has 1 aromatic heterocycles. The van der Waals surface area contributed by atoms with Crippen molar-refractivity contribution in [2.75, 3.05) is 7.05 Å². The third kappa shape index (κ3) is 3.50. The molecule has 2 unspecified atom stereocenters. The summed E-state index contributed by atoms with van der Waals surface area (Å²) < 4.78 is 5.53. The third-order valence-corrected chi connectivity index (χ3v) is 3.67. The number of nitrogens with two attached hydrogens (primary N) is 1. The maximum Gasteiger partial charge on any atom is 0.122 e. The predicted molar refractivity (Wildman–Crippen MR) is 82.4 cm³/mol. The summed E-state index contributed by atoms with van der Waals surface area (Å²) in [5.74, 6) is 0.924. The molecule has 3 heteroatoms. The highest BCUT2D eigenvalue weighted by Gasteiger charge is 2.23. The lowest BCUT2D eigenvalue weighted by Crippen LogP contribution is -2.36.